The van der Waals surface area contributed by atoms with E-state index in [-0.39, 0.29) is 18.1 Å². The summed E-state index contributed by atoms with van der Waals surface area (Å²) < 4.78 is 0. The second-order valence-electron chi connectivity index (χ2n) is 8.10. The van der Waals surface area contributed by atoms with E-state index in [0.29, 0.717) is 16.7 Å². The molecule has 0 spiro atoms. The van der Waals surface area contributed by atoms with E-state index in [2.05, 4.69) is 27.7 Å². The molecule has 0 aromatic heterocycles. The summed E-state index contributed by atoms with van der Waals surface area (Å²) in [4.78, 5) is 0. The number of hydrogen-bond acceptors (Lipinski definition) is 2. The Morgan fingerprint density at radius 2 is 1.78 bits per heavy atom. The van der Waals surface area contributed by atoms with E-state index in [1.807, 2.05) is 0 Å². The van der Waals surface area contributed by atoms with Gasteiger partial charge in [-0.25, -0.2) is 0 Å². The minimum atomic E-state index is -0.250. The molecule has 2 fully saturated rings. The lowest BCUT2D eigenvalue weighted by molar-refractivity contribution is -0.141. The largest absolute Gasteiger partial charge is 0.396 e. The number of aliphatic hydroxyl groups is 2. The molecule has 0 radical (unpaired) electrons. The minimum Gasteiger partial charge on any atom is -0.396 e. The van der Waals surface area contributed by atoms with E-state index >= 15 is 0 Å². The molecule has 4 atom stereocenters. The van der Waals surface area contributed by atoms with Gasteiger partial charge in [0.05, 0.1) is 6.10 Å². The van der Waals surface area contributed by atoms with E-state index in [1.165, 1.54) is 19.3 Å². The predicted octanol–water partition coefficient (Wildman–Crippen LogP) is 3.36. The standard InChI is InChI=1S/C16H30O2/c1-14(2)6-5-7-15(3)11-16(4,8-9-17)13(18)10-12(14)15/h12-13,17-18H,5-11H2,1-4H3. The molecule has 0 amide bonds. The molecule has 2 N–H and O–H groups in total. The molecule has 0 aliphatic heterocycles. The Bertz CT molecular complexity index is 312. The summed E-state index contributed by atoms with van der Waals surface area (Å²) in [6.07, 6.45) is 6.35. The molecule has 2 aliphatic carbocycles. The zero-order valence-corrected chi connectivity index (χ0v) is 12.5. The van der Waals surface area contributed by atoms with Crippen LogP contribution in [0.5, 0.6) is 0 Å². The zero-order chi connectivity index (χ0) is 13.6. The summed E-state index contributed by atoms with van der Waals surface area (Å²) in [6.45, 7) is 9.52. The predicted molar refractivity (Wildman–Crippen MR) is 74.3 cm³/mol. The van der Waals surface area contributed by atoms with Crippen LogP contribution in [0, 0.1) is 22.2 Å². The fourth-order valence-corrected chi connectivity index (χ4v) is 5.11. The minimum absolute atomic E-state index is 0.0899. The first-order valence-corrected chi connectivity index (χ1v) is 7.52. The van der Waals surface area contributed by atoms with Crippen LogP contribution in [0.15, 0.2) is 0 Å². The highest BCUT2D eigenvalue weighted by molar-refractivity contribution is 5.05. The molecule has 0 aromatic rings. The van der Waals surface area contributed by atoms with Gasteiger partial charge >= 0.3 is 0 Å². The lowest BCUT2D eigenvalue weighted by Gasteiger charge is -2.59. The van der Waals surface area contributed by atoms with Crippen molar-refractivity contribution >= 4 is 0 Å². The van der Waals surface area contributed by atoms with E-state index < -0.39 is 0 Å². The van der Waals surface area contributed by atoms with Crippen molar-refractivity contribution in [3.63, 3.8) is 0 Å². The van der Waals surface area contributed by atoms with Crippen LogP contribution in [0.4, 0.5) is 0 Å². The van der Waals surface area contributed by atoms with E-state index in [4.69, 9.17) is 0 Å². The van der Waals surface area contributed by atoms with Gasteiger partial charge in [0.2, 0.25) is 0 Å². The molecule has 2 aliphatic rings. The first-order chi connectivity index (χ1) is 8.23. The first kappa shape index (κ1) is 14.3. The highest BCUT2D eigenvalue weighted by Crippen LogP contribution is 2.61. The smallest absolute Gasteiger partial charge is 0.0597 e. The van der Waals surface area contributed by atoms with Crippen molar-refractivity contribution in [2.75, 3.05) is 6.61 Å². The van der Waals surface area contributed by atoms with Crippen LogP contribution >= 0.6 is 0 Å². The molecular formula is C16H30O2. The molecule has 18 heavy (non-hydrogen) atoms. The Hall–Kier alpha value is -0.0800. The van der Waals surface area contributed by atoms with Crippen LogP contribution in [0.2, 0.25) is 0 Å². The van der Waals surface area contributed by atoms with Crippen molar-refractivity contribution in [3.05, 3.63) is 0 Å². The third-order valence-corrected chi connectivity index (χ3v) is 6.11. The molecule has 0 aromatic carbocycles. The molecule has 2 rings (SSSR count). The fraction of sp³-hybridized carbons (Fsp3) is 1.00. The van der Waals surface area contributed by atoms with Crippen molar-refractivity contribution in [2.45, 2.75) is 72.3 Å². The maximum atomic E-state index is 10.5. The first-order valence-electron chi connectivity index (χ1n) is 7.52. The molecule has 2 heteroatoms. The monoisotopic (exact) mass is 254 g/mol. The highest BCUT2D eigenvalue weighted by Gasteiger charge is 2.55. The van der Waals surface area contributed by atoms with Gasteiger partial charge in [-0.15, -0.1) is 0 Å². The van der Waals surface area contributed by atoms with Crippen LogP contribution in [0.25, 0.3) is 0 Å². The van der Waals surface area contributed by atoms with Gasteiger partial charge in [0.1, 0.15) is 0 Å². The molecule has 2 saturated carbocycles. The molecule has 0 bridgehead atoms. The van der Waals surface area contributed by atoms with E-state index in [9.17, 15) is 10.2 Å². The van der Waals surface area contributed by atoms with Crippen molar-refractivity contribution in [3.8, 4) is 0 Å². The third-order valence-electron chi connectivity index (χ3n) is 6.11. The number of aliphatic hydroxyl groups excluding tert-OH is 2. The summed E-state index contributed by atoms with van der Waals surface area (Å²) in [5.74, 6) is 0.625. The summed E-state index contributed by atoms with van der Waals surface area (Å²) in [5.41, 5.74) is 0.618. The summed E-state index contributed by atoms with van der Waals surface area (Å²) >= 11 is 0. The zero-order valence-electron chi connectivity index (χ0n) is 12.5. The summed E-state index contributed by atoms with van der Waals surface area (Å²) in [6, 6.07) is 0. The van der Waals surface area contributed by atoms with Gasteiger partial charge in [-0.05, 0) is 54.3 Å². The average molecular weight is 254 g/mol. The van der Waals surface area contributed by atoms with Crippen LogP contribution in [-0.2, 0) is 0 Å². The van der Waals surface area contributed by atoms with E-state index in [0.717, 1.165) is 19.3 Å². The number of fused-ring (bicyclic) bond motifs is 1. The Labute approximate surface area is 112 Å². The van der Waals surface area contributed by atoms with Crippen molar-refractivity contribution in [1.29, 1.82) is 0 Å². The van der Waals surface area contributed by atoms with Crippen molar-refractivity contribution in [1.82, 2.24) is 0 Å². The Morgan fingerprint density at radius 1 is 1.11 bits per heavy atom. The second-order valence-corrected chi connectivity index (χ2v) is 8.10. The highest BCUT2D eigenvalue weighted by atomic mass is 16.3. The number of rotatable bonds is 2. The maximum Gasteiger partial charge on any atom is 0.0597 e. The van der Waals surface area contributed by atoms with Gasteiger partial charge in [-0.2, -0.15) is 0 Å². The molecule has 4 unspecified atom stereocenters. The quantitative estimate of drug-likeness (QED) is 0.793. The second kappa shape index (κ2) is 4.49. The van der Waals surface area contributed by atoms with E-state index in [1.54, 1.807) is 0 Å². The Kier molecular flexibility index (Phi) is 3.57. The Morgan fingerprint density at radius 3 is 2.39 bits per heavy atom. The van der Waals surface area contributed by atoms with Crippen LogP contribution in [0.1, 0.15) is 66.2 Å². The topological polar surface area (TPSA) is 40.5 Å². The van der Waals surface area contributed by atoms with Crippen molar-refractivity contribution < 1.29 is 10.2 Å². The van der Waals surface area contributed by atoms with Gasteiger partial charge in [-0.1, -0.05) is 34.1 Å². The summed E-state index contributed by atoms with van der Waals surface area (Å²) in [7, 11) is 0. The molecular weight excluding hydrogens is 224 g/mol. The van der Waals surface area contributed by atoms with Crippen LogP contribution in [0.3, 0.4) is 0 Å². The lowest BCUT2D eigenvalue weighted by Crippen LogP contribution is -2.54. The SMILES string of the molecule is CC1(C)CCCC2(C)CC(C)(CCO)C(O)CC12. The van der Waals surface area contributed by atoms with Crippen LogP contribution < -0.4 is 0 Å². The molecule has 106 valence electrons. The van der Waals surface area contributed by atoms with Gasteiger partial charge < -0.3 is 10.2 Å². The summed E-state index contributed by atoms with van der Waals surface area (Å²) in [5, 5.41) is 19.8. The fourth-order valence-electron chi connectivity index (χ4n) is 5.11. The van der Waals surface area contributed by atoms with Gasteiger partial charge in [0.15, 0.2) is 0 Å². The molecule has 0 saturated heterocycles. The van der Waals surface area contributed by atoms with Gasteiger partial charge in [0, 0.05) is 6.61 Å². The van der Waals surface area contributed by atoms with Crippen molar-refractivity contribution in [2.24, 2.45) is 22.2 Å². The van der Waals surface area contributed by atoms with Gasteiger partial charge in [-0.3, -0.25) is 0 Å². The third kappa shape index (κ3) is 2.22. The lowest BCUT2D eigenvalue weighted by atomic mass is 9.46. The number of hydrogen-bond donors (Lipinski definition) is 2. The maximum absolute atomic E-state index is 10.5. The average Bonchev–Trinajstić information content (AvgIpc) is 2.21. The normalized spacial score (nSPS) is 47.7. The van der Waals surface area contributed by atoms with Crippen LogP contribution in [-0.4, -0.2) is 22.9 Å². The Balaban J connectivity index is 2.26. The van der Waals surface area contributed by atoms with Gasteiger partial charge in [0.25, 0.3) is 0 Å². The molecule has 0 heterocycles. The molecule has 2 nitrogen and oxygen atoms in total.